The number of nitrogens with zero attached hydrogens (tertiary/aromatic N) is 3. The number of aryl methyl sites for hydroxylation is 1. The van der Waals surface area contributed by atoms with Gasteiger partial charge in [0.05, 0.1) is 0 Å². The van der Waals surface area contributed by atoms with Crippen molar-refractivity contribution in [3.05, 3.63) is 18.1 Å². The van der Waals surface area contributed by atoms with Crippen molar-refractivity contribution < 1.29 is 0 Å². The molecule has 1 aromatic heterocycles. The first-order valence-electron chi connectivity index (χ1n) is 5.84. The van der Waals surface area contributed by atoms with E-state index in [0.717, 1.165) is 30.5 Å². The largest absolute Gasteiger partial charge is 0.356 e. The van der Waals surface area contributed by atoms with Crippen LogP contribution in [0.4, 0.5) is 5.82 Å². The molecule has 0 aromatic carbocycles. The molecule has 1 aliphatic rings. The van der Waals surface area contributed by atoms with E-state index in [4.69, 9.17) is 0 Å². The average molecular weight is 284 g/mol. The van der Waals surface area contributed by atoms with E-state index >= 15 is 0 Å². The summed E-state index contributed by atoms with van der Waals surface area (Å²) in [5.41, 5.74) is 1.04. The van der Waals surface area contributed by atoms with Gasteiger partial charge in [0.25, 0.3) is 0 Å². The molecule has 1 atom stereocenters. The molecule has 1 saturated heterocycles. The quantitative estimate of drug-likeness (QED) is 0.782. The van der Waals surface area contributed by atoms with Crippen LogP contribution < -0.4 is 4.90 Å². The predicted molar refractivity (Wildman–Crippen MR) is 70.1 cm³/mol. The minimum atomic E-state index is 0.627. The number of hydrogen-bond donors (Lipinski definition) is 0. The number of rotatable bonds is 2. The molecular weight excluding hydrogens is 266 g/mol. The Morgan fingerprint density at radius 1 is 1.38 bits per heavy atom. The van der Waals surface area contributed by atoms with Gasteiger partial charge in [-0.2, -0.15) is 0 Å². The van der Waals surface area contributed by atoms with Gasteiger partial charge in [0.1, 0.15) is 12.1 Å². The van der Waals surface area contributed by atoms with E-state index in [2.05, 4.69) is 43.8 Å². The molecule has 4 heteroatoms. The Kier molecular flexibility index (Phi) is 3.79. The van der Waals surface area contributed by atoms with Gasteiger partial charge in [-0.3, -0.25) is 0 Å². The summed E-state index contributed by atoms with van der Waals surface area (Å²) >= 11 is 3.68. The molecule has 0 aliphatic carbocycles. The molecule has 1 fully saturated rings. The molecule has 1 aliphatic heterocycles. The lowest BCUT2D eigenvalue weighted by molar-refractivity contribution is 0.405. The van der Waals surface area contributed by atoms with Gasteiger partial charge in [-0.15, -0.1) is 0 Å². The predicted octanol–water partition coefficient (Wildman–Crippen LogP) is 2.78. The van der Waals surface area contributed by atoms with E-state index in [1.54, 1.807) is 6.33 Å². The van der Waals surface area contributed by atoms with Crippen molar-refractivity contribution >= 4 is 21.7 Å². The fourth-order valence-corrected chi connectivity index (χ4v) is 2.73. The number of anilines is 1. The molecule has 0 bridgehead atoms. The Bertz CT molecular complexity index is 346. The van der Waals surface area contributed by atoms with Crippen molar-refractivity contribution in [2.45, 2.75) is 31.5 Å². The zero-order chi connectivity index (χ0) is 11.5. The van der Waals surface area contributed by atoms with Crippen molar-refractivity contribution in [2.24, 2.45) is 5.92 Å². The maximum Gasteiger partial charge on any atom is 0.132 e. The van der Waals surface area contributed by atoms with E-state index in [1.165, 1.54) is 12.8 Å². The number of halogens is 1. The van der Waals surface area contributed by atoms with Crippen LogP contribution in [0.3, 0.4) is 0 Å². The fourth-order valence-electron chi connectivity index (χ4n) is 2.20. The summed E-state index contributed by atoms with van der Waals surface area (Å²) in [6.07, 6.45) is 4.15. The van der Waals surface area contributed by atoms with Crippen LogP contribution in [-0.2, 0) is 0 Å². The van der Waals surface area contributed by atoms with E-state index < -0.39 is 0 Å². The van der Waals surface area contributed by atoms with Gasteiger partial charge in [-0.25, -0.2) is 9.97 Å². The molecule has 1 unspecified atom stereocenters. The minimum Gasteiger partial charge on any atom is -0.356 e. The third-order valence-corrected chi connectivity index (χ3v) is 4.05. The van der Waals surface area contributed by atoms with E-state index in [1.807, 2.05) is 6.92 Å². The lowest BCUT2D eigenvalue weighted by atomic mass is 9.94. The molecular formula is C12H18BrN3. The fraction of sp³-hybridized carbons (Fsp3) is 0.667. The molecule has 0 radical (unpaired) electrons. The first-order valence-corrected chi connectivity index (χ1v) is 6.76. The van der Waals surface area contributed by atoms with Crippen molar-refractivity contribution in [1.82, 2.24) is 9.97 Å². The Hall–Kier alpha value is -0.640. The normalized spacial score (nSPS) is 19.8. The minimum absolute atomic E-state index is 0.627. The maximum atomic E-state index is 4.34. The highest BCUT2D eigenvalue weighted by Gasteiger charge is 2.22. The summed E-state index contributed by atoms with van der Waals surface area (Å²) in [4.78, 5) is 11.5. The van der Waals surface area contributed by atoms with Crippen molar-refractivity contribution in [2.75, 3.05) is 18.0 Å². The average Bonchev–Trinajstić information content (AvgIpc) is 2.29. The highest BCUT2D eigenvalue weighted by Crippen LogP contribution is 2.27. The van der Waals surface area contributed by atoms with Gasteiger partial charge in [-0.1, -0.05) is 22.9 Å². The topological polar surface area (TPSA) is 29.0 Å². The number of aromatic nitrogens is 2. The molecule has 88 valence electrons. The van der Waals surface area contributed by atoms with Crippen LogP contribution in [0.1, 0.15) is 25.5 Å². The van der Waals surface area contributed by atoms with Crippen LogP contribution in [0.5, 0.6) is 0 Å². The summed E-state index contributed by atoms with van der Waals surface area (Å²) < 4.78 is 0. The van der Waals surface area contributed by atoms with Crippen LogP contribution in [0.15, 0.2) is 12.4 Å². The number of alkyl halides is 1. The van der Waals surface area contributed by atoms with E-state index in [-0.39, 0.29) is 0 Å². The second kappa shape index (κ2) is 5.13. The Morgan fingerprint density at radius 3 is 2.62 bits per heavy atom. The Morgan fingerprint density at radius 2 is 2.06 bits per heavy atom. The maximum absolute atomic E-state index is 4.34. The molecule has 0 spiro atoms. The standard InChI is InChI=1S/C12H18BrN3/c1-9-7-12(15-8-14-9)16-5-3-11(4-6-16)10(2)13/h7-8,10-11H,3-6H2,1-2H3. The molecule has 1 aromatic rings. The van der Waals surface area contributed by atoms with Crippen LogP contribution in [0.25, 0.3) is 0 Å². The van der Waals surface area contributed by atoms with Gasteiger partial charge in [0.2, 0.25) is 0 Å². The zero-order valence-corrected chi connectivity index (χ0v) is 11.4. The highest BCUT2D eigenvalue weighted by molar-refractivity contribution is 9.09. The van der Waals surface area contributed by atoms with Gasteiger partial charge in [-0.05, 0) is 25.7 Å². The summed E-state index contributed by atoms with van der Waals surface area (Å²) in [5, 5.41) is 0. The molecule has 0 saturated carbocycles. The first-order chi connectivity index (χ1) is 7.66. The van der Waals surface area contributed by atoms with E-state index in [0.29, 0.717) is 4.83 Å². The van der Waals surface area contributed by atoms with Gasteiger partial charge < -0.3 is 4.90 Å². The summed E-state index contributed by atoms with van der Waals surface area (Å²) in [7, 11) is 0. The summed E-state index contributed by atoms with van der Waals surface area (Å²) in [6.45, 7) is 6.47. The molecule has 0 N–H and O–H groups in total. The Labute approximate surface area is 105 Å². The van der Waals surface area contributed by atoms with Crippen LogP contribution in [0.2, 0.25) is 0 Å². The lowest BCUT2D eigenvalue weighted by Gasteiger charge is -2.34. The molecule has 16 heavy (non-hydrogen) atoms. The summed E-state index contributed by atoms with van der Waals surface area (Å²) in [5.74, 6) is 1.88. The van der Waals surface area contributed by atoms with Crippen molar-refractivity contribution in [1.29, 1.82) is 0 Å². The molecule has 3 nitrogen and oxygen atoms in total. The third-order valence-electron chi connectivity index (χ3n) is 3.30. The van der Waals surface area contributed by atoms with Crippen molar-refractivity contribution in [3.8, 4) is 0 Å². The SMILES string of the molecule is Cc1cc(N2CCC(C(C)Br)CC2)ncn1. The van der Waals surface area contributed by atoms with Crippen molar-refractivity contribution in [3.63, 3.8) is 0 Å². The zero-order valence-electron chi connectivity index (χ0n) is 9.86. The second-order valence-electron chi connectivity index (χ2n) is 4.52. The molecule has 2 heterocycles. The van der Waals surface area contributed by atoms with Crippen LogP contribution in [-0.4, -0.2) is 27.9 Å². The lowest BCUT2D eigenvalue weighted by Crippen LogP contribution is -2.36. The van der Waals surface area contributed by atoms with Crippen LogP contribution >= 0.6 is 15.9 Å². The molecule has 0 amide bonds. The smallest absolute Gasteiger partial charge is 0.132 e. The number of hydrogen-bond acceptors (Lipinski definition) is 3. The number of piperidine rings is 1. The second-order valence-corrected chi connectivity index (χ2v) is 5.96. The third kappa shape index (κ3) is 2.73. The van der Waals surface area contributed by atoms with E-state index in [9.17, 15) is 0 Å². The van der Waals surface area contributed by atoms with Gasteiger partial charge in [0.15, 0.2) is 0 Å². The van der Waals surface area contributed by atoms with Crippen LogP contribution in [0, 0.1) is 12.8 Å². The Balaban J connectivity index is 1.99. The monoisotopic (exact) mass is 283 g/mol. The van der Waals surface area contributed by atoms with Gasteiger partial charge in [0, 0.05) is 29.7 Å². The first kappa shape index (κ1) is 11.8. The summed E-state index contributed by atoms with van der Waals surface area (Å²) in [6, 6.07) is 2.07. The van der Waals surface area contributed by atoms with Gasteiger partial charge >= 0.3 is 0 Å². The highest BCUT2D eigenvalue weighted by atomic mass is 79.9. The molecule has 2 rings (SSSR count).